The van der Waals surface area contributed by atoms with Crippen LogP contribution in [-0.4, -0.2) is 31.1 Å². The van der Waals surface area contributed by atoms with Crippen molar-refractivity contribution in [1.29, 1.82) is 0 Å². The van der Waals surface area contributed by atoms with Crippen molar-refractivity contribution in [1.82, 2.24) is 10.2 Å². The third kappa shape index (κ3) is 3.58. The molecule has 0 radical (unpaired) electrons. The number of piperazine rings is 1. The molecule has 1 heterocycles. The molecule has 1 aromatic rings. The van der Waals surface area contributed by atoms with E-state index in [4.69, 9.17) is 0 Å². The summed E-state index contributed by atoms with van der Waals surface area (Å²) in [4.78, 5) is 2.51. The van der Waals surface area contributed by atoms with Crippen LogP contribution in [0.4, 0.5) is 4.39 Å². The molecule has 2 nitrogen and oxygen atoms in total. The molecule has 20 heavy (non-hydrogen) atoms. The molecule has 112 valence electrons. The monoisotopic (exact) mass is 278 g/mol. The topological polar surface area (TPSA) is 15.3 Å². The highest BCUT2D eigenvalue weighted by Gasteiger charge is 2.27. The molecule has 1 fully saturated rings. The molecule has 1 unspecified atom stereocenters. The quantitative estimate of drug-likeness (QED) is 0.886. The SMILES string of the molecule is CCCC(C)[C@@H](c1ccc(C)c(F)c1)N1CCNCC1. The Morgan fingerprint density at radius 2 is 2.00 bits per heavy atom. The molecule has 1 saturated heterocycles. The first-order valence-electron chi connectivity index (χ1n) is 7.84. The third-order valence-corrected chi connectivity index (χ3v) is 4.37. The number of nitrogens with one attached hydrogen (secondary N) is 1. The Balaban J connectivity index is 2.26. The van der Waals surface area contributed by atoms with Crippen molar-refractivity contribution in [2.24, 2.45) is 5.92 Å². The van der Waals surface area contributed by atoms with E-state index in [0.29, 0.717) is 12.0 Å². The lowest BCUT2D eigenvalue weighted by molar-refractivity contribution is 0.126. The van der Waals surface area contributed by atoms with Crippen LogP contribution in [0.2, 0.25) is 0 Å². The van der Waals surface area contributed by atoms with Gasteiger partial charge in [0.05, 0.1) is 0 Å². The zero-order chi connectivity index (χ0) is 14.5. The van der Waals surface area contributed by atoms with Crippen molar-refractivity contribution in [2.75, 3.05) is 26.2 Å². The van der Waals surface area contributed by atoms with Gasteiger partial charge in [0, 0.05) is 32.2 Å². The molecule has 0 bridgehead atoms. The van der Waals surface area contributed by atoms with Gasteiger partial charge in [-0.25, -0.2) is 4.39 Å². The second kappa shape index (κ2) is 7.19. The van der Waals surface area contributed by atoms with E-state index in [1.165, 1.54) is 12.8 Å². The van der Waals surface area contributed by atoms with Crippen molar-refractivity contribution in [2.45, 2.75) is 39.7 Å². The van der Waals surface area contributed by atoms with E-state index < -0.39 is 0 Å². The molecule has 2 atom stereocenters. The molecule has 1 aliphatic rings. The lowest BCUT2D eigenvalue weighted by Crippen LogP contribution is -2.46. The fraction of sp³-hybridized carbons (Fsp3) is 0.647. The van der Waals surface area contributed by atoms with Crippen LogP contribution in [0.25, 0.3) is 0 Å². The maximum absolute atomic E-state index is 13.9. The molecule has 3 heteroatoms. The van der Waals surface area contributed by atoms with Crippen LogP contribution in [-0.2, 0) is 0 Å². The predicted molar refractivity (Wildman–Crippen MR) is 82.4 cm³/mol. The van der Waals surface area contributed by atoms with E-state index in [1.807, 2.05) is 13.0 Å². The Kier molecular flexibility index (Phi) is 5.55. The maximum Gasteiger partial charge on any atom is 0.126 e. The number of halogens is 1. The highest BCUT2D eigenvalue weighted by molar-refractivity contribution is 5.26. The van der Waals surface area contributed by atoms with E-state index >= 15 is 0 Å². The van der Waals surface area contributed by atoms with Gasteiger partial charge in [-0.15, -0.1) is 0 Å². The Labute approximate surface area is 122 Å². The first-order chi connectivity index (χ1) is 9.63. The first kappa shape index (κ1) is 15.5. The first-order valence-corrected chi connectivity index (χ1v) is 7.84. The summed E-state index contributed by atoms with van der Waals surface area (Å²) in [6, 6.07) is 6.11. The maximum atomic E-state index is 13.9. The number of nitrogens with zero attached hydrogens (tertiary/aromatic N) is 1. The van der Waals surface area contributed by atoms with Crippen LogP contribution >= 0.6 is 0 Å². The number of benzene rings is 1. The smallest absolute Gasteiger partial charge is 0.126 e. The van der Waals surface area contributed by atoms with E-state index in [9.17, 15) is 4.39 Å². The van der Waals surface area contributed by atoms with Gasteiger partial charge in [-0.05, 0) is 36.5 Å². The third-order valence-electron chi connectivity index (χ3n) is 4.37. The van der Waals surface area contributed by atoms with Crippen LogP contribution < -0.4 is 5.32 Å². The second-order valence-corrected chi connectivity index (χ2v) is 6.01. The second-order valence-electron chi connectivity index (χ2n) is 6.01. The summed E-state index contributed by atoms with van der Waals surface area (Å²) < 4.78 is 13.9. The summed E-state index contributed by atoms with van der Waals surface area (Å²) >= 11 is 0. The van der Waals surface area contributed by atoms with Gasteiger partial charge >= 0.3 is 0 Å². The van der Waals surface area contributed by atoms with Crippen molar-refractivity contribution >= 4 is 0 Å². The molecular formula is C17H27FN2. The number of hydrogen-bond donors (Lipinski definition) is 1. The summed E-state index contributed by atoms with van der Waals surface area (Å²) in [5.41, 5.74) is 1.87. The van der Waals surface area contributed by atoms with E-state index in [2.05, 4.69) is 30.1 Å². The zero-order valence-corrected chi connectivity index (χ0v) is 13.0. The molecule has 1 N–H and O–H groups in total. The average molecular weight is 278 g/mol. The summed E-state index contributed by atoms with van der Waals surface area (Å²) in [6.45, 7) is 10.5. The largest absolute Gasteiger partial charge is 0.314 e. The van der Waals surface area contributed by atoms with Crippen LogP contribution in [0.15, 0.2) is 18.2 Å². The zero-order valence-electron chi connectivity index (χ0n) is 13.0. The lowest BCUT2D eigenvalue weighted by Gasteiger charge is -2.38. The standard InChI is InChI=1S/C17H27FN2/c1-4-5-14(3)17(20-10-8-19-9-11-20)15-7-6-13(2)16(18)12-15/h6-7,12,14,17,19H,4-5,8-11H2,1-3H3/t14?,17-/m0/s1. The minimum atomic E-state index is -0.0775. The Morgan fingerprint density at radius 3 is 2.60 bits per heavy atom. The van der Waals surface area contributed by atoms with Crippen LogP contribution in [0, 0.1) is 18.7 Å². The van der Waals surface area contributed by atoms with Crippen LogP contribution in [0.5, 0.6) is 0 Å². The van der Waals surface area contributed by atoms with Crippen molar-refractivity contribution in [3.05, 3.63) is 35.1 Å². The number of rotatable bonds is 5. The molecule has 0 spiro atoms. The molecule has 0 amide bonds. The fourth-order valence-electron chi connectivity index (χ4n) is 3.27. The van der Waals surface area contributed by atoms with Crippen molar-refractivity contribution < 1.29 is 4.39 Å². The molecule has 2 rings (SSSR count). The van der Waals surface area contributed by atoms with E-state index in [1.54, 1.807) is 6.07 Å². The van der Waals surface area contributed by atoms with Gasteiger partial charge in [-0.2, -0.15) is 0 Å². The Morgan fingerprint density at radius 1 is 1.30 bits per heavy atom. The Hall–Kier alpha value is -0.930. The van der Waals surface area contributed by atoms with Gasteiger partial charge in [0.1, 0.15) is 5.82 Å². The fourth-order valence-corrected chi connectivity index (χ4v) is 3.27. The number of hydrogen-bond acceptors (Lipinski definition) is 2. The van der Waals surface area contributed by atoms with Gasteiger partial charge in [-0.1, -0.05) is 32.4 Å². The van der Waals surface area contributed by atoms with Crippen molar-refractivity contribution in [3.8, 4) is 0 Å². The van der Waals surface area contributed by atoms with Gasteiger partial charge in [0.15, 0.2) is 0 Å². The summed E-state index contributed by atoms with van der Waals surface area (Å²) in [5.74, 6) is 0.478. The molecule has 0 aliphatic carbocycles. The average Bonchev–Trinajstić information content (AvgIpc) is 2.44. The van der Waals surface area contributed by atoms with Crippen molar-refractivity contribution in [3.63, 3.8) is 0 Å². The van der Waals surface area contributed by atoms with Crippen LogP contribution in [0.1, 0.15) is 43.9 Å². The highest BCUT2D eigenvalue weighted by atomic mass is 19.1. The van der Waals surface area contributed by atoms with Gasteiger partial charge < -0.3 is 5.32 Å². The molecule has 1 aromatic carbocycles. The molecular weight excluding hydrogens is 251 g/mol. The van der Waals surface area contributed by atoms with E-state index in [-0.39, 0.29) is 5.82 Å². The predicted octanol–water partition coefficient (Wildman–Crippen LogP) is 3.52. The van der Waals surface area contributed by atoms with Gasteiger partial charge in [0.2, 0.25) is 0 Å². The highest BCUT2D eigenvalue weighted by Crippen LogP contribution is 2.32. The van der Waals surface area contributed by atoms with E-state index in [0.717, 1.165) is 37.3 Å². The number of aryl methyl sites for hydroxylation is 1. The summed E-state index contributed by atoms with van der Waals surface area (Å²) in [5, 5.41) is 3.40. The van der Waals surface area contributed by atoms with Gasteiger partial charge in [-0.3, -0.25) is 4.90 Å². The minimum Gasteiger partial charge on any atom is -0.314 e. The Bertz CT molecular complexity index is 427. The summed E-state index contributed by atoms with van der Waals surface area (Å²) in [6.07, 6.45) is 2.36. The lowest BCUT2D eigenvalue weighted by atomic mass is 9.88. The van der Waals surface area contributed by atoms with Crippen LogP contribution in [0.3, 0.4) is 0 Å². The summed E-state index contributed by atoms with van der Waals surface area (Å²) in [7, 11) is 0. The normalized spacial score (nSPS) is 19.8. The molecule has 0 aromatic heterocycles. The molecule has 0 saturated carbocycles. The molecule has 1 aliphatic heterocycles. The minimum absolute atomic E-state index is 0.0775. The van der Waals surface area contributed by atoms with Gasteiger partial charge in [0.25, 0.3) is 0 Å².